The summed E-state index contributed by atoms with van der Waals surface area (Å²) in [5, 5.41) is 3.02. The quantitative estimate of drug-likeness (QED) is 0.607. The van der Waals surface area contributed by atoms with Crippen LogP contribution in [-0.2, 0) is 14.3 Å². The molecule has 0 aliphatic carbocycles. The highest BCUT2D eigenvalue weighted by Crippen LogP contribution is 2.11. The third-order valence-electron chi connectivity index (χ3n) is 2.29. The monoisotopic (exact) mass is 216 g/mol. The van der Waals surface area contributed by atoms with E-state index < -0.39 is 5.41 Å². The summed E-state index contributed by atoms with van der Waals surface area (Å²) >= 11 is 0. The second kappa shape index (κ2) is 5.70. The lowest BCUT2D eigenvalue weighted by molar-refractivity contribution is -0.144. The maximum absolute atomic E-state index is 11.0. The summed E-state index contributed by atoms with van der Waals surface area (Å²) < 4.78 is 4.57. The number of nitrogens with two attached hydrogens (primary N) is 1. The Morgan fingerprint density at radius 1 is 1.47 bits per heavy atom. The van der Waals surface area contributed by atoms with Crippen LogP contribution in [0.2, 0.25) is 0 Å². The number of amides is 1. The molecule has 0 aromatic heterocycles. The number of hydrogen-bond acceptors (Lipinski definition) is 4. The first-order chi connectivity index (χ1) is 6.81. The predicted octanol–water partition coefficient (Wildman–Crippen LogP) is -0.103. The zero-order valence-electron chi connectivity index (χ0n) is 9.79. The van der Waals surface area contributed by atoms with E-state index in [-0.39, 0.29) is 17.8 Å². The SMILES string of the molecule is COC(=O)C(C)CNCC(C)(C)C(N)=O. The van der Waals surface area contributed by atoms with E-state index in [0.717, 1.165) is 0 Å². The van der Waals surface area contributed by atoms with E-state index in [1.165, 1.54) is 7.11 Å². The molecule has 1 unspecified atom stereocenters. The van der Waals surface area contributed by atoms with Crippen LogP contribution in [-0.4, -0.2) is 32.1 Å². The molecular weight excluding hydrogens is 196 g/mol. The van der Waals surface area contributed by atoms with E-state index in [0.29, 0.717) is 13.1 Å². The van der Waals surface area contributed by atoms with E-state index in [9.17, 15) is 9.59 Å². The van der Waals surface area contributed by atoms with Gasteiger partial charge in [0.1, 0.15) is 0 Å². The maximum atomic E-state index is 11.0. The molecule has 0 spiro atoms. The van der Waals surface area contributed by atoms with Gasteiger partial charge < -0.3 is 15.8 Å². The average molecular weight is 216 g/mol. The Balaban J connectivity index is 3.89. The Bertz CT molecular complexity index is 239. The first kappa shape index (κ1) is 13.9. The van der Waals surface area contributed by atoms with Crippen molar-refractivity contribution in [1.82, 2.24) is 5.32 Å². The fourth-order valence-electron chi connectivity index (χ4n) is 0.973. The Morgan fingerprint density at radius 3 is 2.40 bits per heavy atom. The third-order valence-corrected chi connectivity index (χ3v) is 2.29. The van der Waals surface area contributed by atoms with Crippen LogP contribution in [0.15, 0.2) is 0 Å². The van der Waals surface area contributed by atoms with Crippen molar-refractivity contribution in [2.24, 2.45) is 17.1 Å². The maximum Gasteiger partial charge on any atom is 0.309 e. The van der Waals surface area contributed by atoms with E-state index in [1.807, 2.05) is 0 Å². The van der Waals surface area contributed by atoms with Gasteiger partial charge in [-0.25, -0.2) is 0 Å². The van der Waals surface area contributed by atoms with Crippen molar-refractivity contribution in [2.45, 2.75) is 20.8 Å². The van der Waals surface area contributed by atoms with Crippen molar-refractivity contribution in [2.75, 3.05) is 20.2 Å². The highest BCUT2D eigenvalue weighted by molar-refractivity contribution is 5.80. The van der Waals surface area contributed by atoms with Crippen LogP contribution in [0.5, 0.6) is 0 Å². The molecular formula is C10H20N2O3. The third kappa shape index (κ3) is 4.78. The first-order valence-electron chi connectivity index (χ1n) is 4.89. The zero-order chi connectivity index (χ0) is 12.1. The summed E-state index contributed by atoms with van der Waals surface area (Å²) in [7, 11) is 1.35. The highest BCUT2D eigenvalue weighted by Gasteiger charge is 2.24. The number of methoxy groups -OCH3 is 1. The van der Waals surface area contributed by atoms with Gasteiger partial charge in [-0.3, -0.25) is 9.59 Å². The molecule has 15 heavy (non-hydrogen) atoms. The molecule has 88 valence electrons. The van der Waals surface area contributed by atoms with Gasteiger partial charge in [0, 0.05) is 13.1 Å². The van der Waals surface area contributed by atoms with E-state index in [2.05, 4.69) is 10.1 Å². The standard InChI is InChI=1S/C10H20N2O3/c1-7(8(13)15-4)5-12-6-10(2,3)9(11)14/h7,12H,5-6H2,1-4H3,(H2,11,14). The van der Waals surface area contributed by atoms with Gasteiger partial charge in [-0.2, -0.15) is 0 Å². The van der Waals surface area contributed by atoms with Crippen LogP contribution >= 0.6 is 0 Å². The van der Waals surface area contributed by atoms with Crippen molar-refractivity contribution in [3.8, 4) is 0 Å². The number of carbonyl (C=O) groups is 2. The normalized spacial score (nSPS) is 13.3. The summed E-state index contributed by atoms with van der Waals surface area (Å²) in [4.78, 5) is 22.0. The fraction of sp³-hybridized carbons (Fsp3) is 0.800. The van der Waals surface area contributed by atoms with Gasteiger partial charge in [-0.15, -0.1) is 0 Å². The van der Waals surface area contributed by atoms with Crippen LogP contribution in [0.3, 0.4) is 0 Å². The minimum atomic E-state index is -0.601. The topological polar surface area (TPSA) is 81.4 Å². The molecule has 0 heterocycles. The molecule has 1 amide bonds. The number of primary amides is 1. The molecule has 0 fully saturated rings. The van der Waals surface area contributed by atoms with Crippen LogP contribution in [0.1, 0.15) is 20.8 Å². The average Bonchev–Trinajstić information content (AvgIpc) is 2.15. The van der Waals surface area contributed by atoms with Gasteiger partial charge in [0.15, 0.2) is 0 Å². The molecule has 0 aliphatic rings. The van der Waals surface area contributed by atoms with Crippen molar-refractivity contribution in [3.63, 3.8) is 0 Å². The number of rotatable bonds is 6. The number of nitrogens with one attached hydrogen (secondary N) is 1. The molecule has 0 rings (SSSR count). The van der Waals surface area contributed by atoms with Gasteiger partial charge >= 0.3 is 5.97 Å². The lowest BCUT2D eigenvalue weighted by Gasteiger charge is -2.21. The van der Waals surface area contributed by atoms with Crippen molar-refractivity contribution in [1.29, 1.82) is 0 Å². The number of hydrogen-bond donors (Lipinski definition) is 2. The lowest BCUT2D eigenvalue weighted by Crippen LogP contribution is -2.42. The van der Waals surface area contributed by atoms with Crippen LogP contribution in [0, 0.1) is 11.3 Å². The van der Waals surface area contributed by atoms with E-state index in [1.54, 1.807) is 20.8 Å². The van der Waals surface area contributed by atoms with Crippen LogP contribution < -0.4 is 11.1 Å². The second-order valence-electron chi connectivity index (χ2n) is 4.30. The van der Waals surface area contributed by atoms with E-state index in [4.69, 9.17) is 5.73 Å². The summed E-state index contributed by atoms with van der Waals surface area (Å²) in [5.74, 6) is -0.848. The summed E-state index contributed by atoms with van der Waals surface area (Å²) in [5.41, 5.74) is 4.60. The van der Waals surface area contributed by atoms with Gasteiger partial charge in [-0.05, 0) is 13.8 Å². The lowest BCUT2D eigenvalue weighted by atomic mass is 9.92. The van der Waals surface area contributed by atoms with Gasteiger partial charge in [-0.1, -0.05) is 6.92 Å². The van der Waals surface area contributed by atoms with Crippen molar-refractivity contribution < 1.29 is 14.3 Å². The molecule has 0 saturated heterocycles. The Labute approximate surface area is 90.4 Å². The number of carbonyl (C=O) groups excluding carboxylic acids is 2. The van der Waals surface area contributed by atoms with Gasteiger partial charge in [0.2, 0.25) is 5.91 Å². The smallest absolute Gasteiger partial charge is 0.309 e. The number of esters is 1. The minimum Gasteiger partial charge on any atom is -0.469 e. The molecule has 0 radical (unpaired) electrons. The van der Waals surface area contributed by atoms with Gasteiger partial charge in [0.25, 0.3) is 0 Å². The highest BCUT2D eigenvalue weighted by atomic mass is 16.5. The van der Waals surface area contributed by atoms with Crippen LogP contribution in [0.25, 0.3) is 0 Å². The largest absolute Gasteiger partial charge is 0.469 e. The molecule has 0 aromatic rings. The molecule has 3 N–H and O–H groups in total. The molecule has 5 heteroatoms. The molecule has 5 nitrogen and oxygen atoms in total. The van der Waals surface area contributed by atoms with Crippen molar-refractivity contribution >= 4 is 11.9 Å². The molecule has 0 aliphatic heterocycles. The zero-order valence-corrected chi connectivity index (χ0v) is 9.79. The summed E-state index contributed by atoms with van der Waals surface area (Å²) in [6.07, 6.45) is 0. The molecule has 0 saturated carbocycles. The Morgan fingerprint density at radius 2 is 2.00 bits per heavy atom. The Hall–Kier alpha value is -1.10. The predicted molar refractivity (Wildman–Crippen MR) is 57.0 cm³/mol. The van der Waals surface area contributed by atoms with E-state index >= 15 is 0 Å². The minimum absolute atomic E-state index is 0.223. The summed E-state index contributed by atoms with van der Waals surface area (Å²) in [6, 6.07) is 0. The first-order valence-corrected chi connectivity index (χ1v) is 4.89. The molecule has 1 atom stereocenters. The Kier molecular flexibility index (Phi) is 5.28. The van der Waals surface area contributed by atoms with Crippen molar-refractivity contribution in [3.05, 3.63) is 0 Å². The summed E-state index contributed by atoms with van der Waals surface area (Å²) in [6.45, 7) is 6.19. The second-order valence-corrected chi connectivity index (χ2v) is 4.30. The molecule has 0 bridgehead atoms. The van der Waals surface area contributed by atoms with Crippen LogP contribution in [0.4, 0.5) is 0 Å². The fourth-order valence-corrected chi connectivity index (χ4v) is 0.973. The number of ether oxygens (including phenoxy) is 1. The molecule has 0 aromatic carbocycles. The van der Waals surface area contributed by atoms with Gasteiger partial charge in [0.05, 0.1) is 18.4 Å².